The molecule has 0 spiro atoms. The van der Waals surface area contributed by atoms with Crippen molar-refractivity contribution in [3.8, 4) is 5.75 Å². The zero-order chi connectivity index (χ0) is 16.8. The Morgan fingerprint density at radius 3 is 2.72 bits per heavy atom. The predicted molar refractivity (Wildman–Crippen MR) is 105 cm³/mol. The van der Waals surface area contributed by atoms with Crippen LogP contribution in [0.1, 0.15) is 44.6 Å². The first kappa shape index (κ1) is 20.5. The van der Waals surface area contributed by atoms with E-state index in [0.29, 0.717) is 23.9 Å². The first-order valence-corrected chi connectivity index (χ1v) is 9.51. The highest BCUT2D eigenvalue weighted by Gasteiger charge is 2.34. The first-order valence-electron chi connectivity index (χ1n) is 9.51. The van der Waals surface area contributed by atoms with Crippen LogP contribution in [-0.4, -0.2) is 45.0 Å². The summed E-state index contributed by atoms with van der Waals surface area (Å²) in [5.41, 5.74) is 1.36. The maximum absolute atomic E-state index is 5.88. The van der Waals surface area contributed by atoms with Crippen molar-refractivity contribution in [2.75, 3.05) is 32.9 Å². The first-order chi connectivity index (χ1) is 11.7. The molecule has 0 bridgehead atoms. The van der Waals surface area contributed by atoms with Gasteiger partial charge in [0.1, 0.15) is 12.4 Å². The molecule has 0 aromatic heterocycles. The van der Waals surface area contributed by atoms with Gasteiger partial charge in [-0.05, 0) is 42.4 Å². The molecule has 3 unspecified atom stereocenters. The molecule has 3 atom stereocenters. The topological polar surface area (TPSA) is 42.5 Å². The molecule has 142 valence electrons. The van der Waals surface area contributed by atoms with Gasteiger partial charge < -0.3 is 20.1 Å². The van der Waals surface area contributed by atoms with Gasteiger partial charge in [-0.2, -0.15) is 0 Å². The van der Waals surface area contributed by atoms with Crippen LogP contribution in [0.2, 0.25) is 0 Å². The summed E-state index contributed by atoms with van der Waals surface area (Å²) in [7, 11) is 0. The fourth-order valence-corrected chi connectivity index (χ4v) is 3.95. The molecule has 1 aliphatic heterocycles. The molecule has 1 aromatic rings. The minimum absolute atomic E-state index is 0. The van der Waals surface area contributed by atoms with E-state index in [4.69, 9.17) is 9.47 Å². The van der Waals surface area contributed by atoms with Crippen molar-refractivity contribution >= 4 is 12.4 Å². The molecule has 2 fully saturated rings. The summed E-state index contributed by atoms with van der Waals surface area (Å²) < 4.78 is 11.5. The molecular weight excluding hydrogens is 336 g/mol. The van der Waals surface area contributed by atoms with E-state index in [-0.39, 0.29) is 12.4 Å². The molecule has 0 radical (unpaired) electrons. The highest BCUT2D eigenvalue weighted by Crippen LogP contribution is 2.29. The molecule has 2 aliphatic rings. The Balaban J connectivity index is 0.00000225. The smallest absolute Gasteiger partial charge is 0.119 e. The Kier molecular flexibility index (Phi) is 8.50. The number of halogens is 1. The molecule has 0 amide bonds. The van der Waals surface area contributed by atoms with E-state index < -0.39 is 0 Å². The highest BCUT2D eigenvalue weighted by molar-refractivity contribution is 5.85. The van der Waals surface area contributed by atoms with Gasteiger partial charge in [0.15, 0.2) is 0 Å². The van der Waals surface area contributed by atoms with Crippen LogP contribution in [0, 0.1) is 5.92 Å². The van der Waals surface area contributed by atoms with Crippen molar-refractivity contribution in [3.05, 3.63) is 29.8 Å². The minimum atomic E-state index is 0. The van der Waals surface area contributed by atoms with Gasteiger partial charge in [-0.3, -0.25) is 0 Å². The quantitative estimate of drug-likeness (QED) is 0.724. The van der Waals surface area contributed by atoms with Gasteiger partial charge >= 0.3 is 0 Å². The van der Waals surface area contributed by atoms with Crippen LogP contribution >= 0.6 is 12.4 Å². The van der Waals surface area contributed by atoms with E-state index in [1.165, 1.54) is 24.8 Å². The van der Waals surface area contributed by atoms with Gasteiger partial charge in [0.2, 0.25) is 0 Å². The highest BCUT2D eigenvalue weighted by atomic mass is 35.5. The second kappa shape index (κ2) is 10.4. The maximum Gasteiger partial charge on any atom is 0.119 e. The molecule has 1 aliphatic carbocycles. The third-order valence-corrected chi connectivity index (χ3v) is 5.36. The lowest BCUT2D eigenvalue weighted by Crippen LogP contribution is -2.51. The second-order valence-electron chi connectivity index (χ2n) is 7.36. The number of rotatable bonds is 7. The van der Waals surface area contributed by atoms with Crippen LogP contribution in [0.4, 0.5) is 0 Å². The average Bonchev–Trinajstić information content (AvgIpc) is 3.08. The number of benzene rings is 1. The third-order valence-electron chi connectivity index (χ3n) is 5.36. The largest absolute Gasteiger partial charge is 0.492 e. The molecule has 1 saturated carbocycles. The van der Waals surface area contributed by atoms with Gasteiger partial charge in [0.05, 0.1) is 13.2 Å². The van der Waals surface area contributed by atoms with Crippen molar-refractivity contribution in [2.24, 2.45) is 5.92 Å². The van der Waals surface area contributed by atoms with Crippen molar-refractivity contribution in [3.63, 3.8) is 0 Å². The van der Waals surface area contributed by atoms with Crippen LogP contribution in [0.15, 0.2) is 24.3 Å². The Morgan fingerprint density at radius 2 is 2.04 bits per heavy atom. The van der Waals surface area contributed by atoms with Crippen LogP contribution in [0.25, 0.3) is 0 Å². The summed E-state index contributed by atoms with van der Waals surface area (Å²) in [6.45, 7) is 8.75. The summed E-state index contributed by atoms with van der Waals surface area (Å²) in [5, 5.41) is 7.33. The number of hydrogen-bond donors (Lipinski definition) is 2. The Hall–Kier alpha value is -0.810. The Morgan fingerprint density at radius 1 is 1.24 bits per heavy atom. The Bertz CT molecular complexity index is 489. The van der Waals surface area contributed by atoms with Gasteiger partial charge in [-0.25, -0.2) is 0 Å². The molecule has 5 heteroatoms. The fraction of sp³-hybridized carbons (Fsp3) is 0.700. The van der Waals surface area contributed by atoms with Crippen LogP contribution in [-0.2, 0) is 4.74 Å². The molecule has 4 nitrogen and oxygen atoms in total. The summed E-state index contributed by atoms with van der Waals surface area (Å²) in [4.78, 5) is 0. The molecule has 1 heterocycles. The lowest BCUT2D eigenvalue weighted by Gasteiger charge is -2.33. The Labute approximate surface area is 158 Å². The molecule has 3 rings (SSSR count). The second-order valence-corrected chi connectivity index (χ2v) is 7.36. The summed E-state index contributed by atoms with van der Waals surface area (Å²) in [5.74, 6) is 2.22. The van der Waals surface area contributed by atoms with Crippen molar-refractivity contribution in [2.45, 2.75) is 51.1 Å². The van der Waals surface area contributed by atoms with Crippen LogP contribution < -0.4 is 15.4 Å². The van der Waals surface area contributed by atoms with E-state index in [9.17, 15) is 0 Å². The standard InChI is InChI=1S/C20H32N2O2.ClH/c1-15(2)16-6-8-17(9-7-16)24-13-11-21-19-5-3-4-18(19)20-14-23-12-10-22-20;/h6-9,15,18-22H,3-5,10-14H2,1-2H3;1H. The number of morpholine rings is 1. The van der Waals surface area contributed by atoms with Crippen LogP contribution in [0.5, 0.6) is 5.75 Å². The zero-order valence-electron chi connectivity index (χ0n) is 15.5. The monoisotopic (exact) mass is 368 g/mol. The molecule has 1 aromatic carbocycles. The lowest BCUT2D eigenvalue weighted by atomic mass is 9.94. The molecule has 2 N–H and O–H groups in total. The lowest BCUT2D eigenvalue weighted by molar-refractivity contribution is 0.0523. The predicted octanol–water partition coefficient (Wildman–Crippen LogP) is 3.36. The SMILES string of the molecule is CC(C)c1ccc(OCCNC2CCCC2C2COCCN2)cc1.Cl. The van der Waals surface area contributed by atoms with E-state index in [2.05, 4.69) is 48.7 Å². The molecule has 25 heavy (non-hydrogen) atoms. The van der Waals surface area contributed by atoms with Crippen molar-refractivity contribution in [1.29, 1.82) is 0 Å². The fourth-order valence-electron chi connectivity index (χ4n) is 3.95. The number of hydrogen-bond acceptors (Lipinski definition) is 4. The van der Waals surface area contributed by atoms with E-state index in [0.717, 1.165) is 38.7 Å². The van der Waals surface area contributed by atoms with Gasteiger partial charge in [-0.15, -0.1) is 12.4 Å². The summed E-state index contributed by atoms with van der Waals surface area (Å²) in [6.07, 6.45) is 3.89. The van der Waals surface area contributed by atoms with Gasteiger partial charge in [0, 0.05) is 25.2 Å². The normalized spacial score (nSPS) is 26.4. The third kappa shape index (κ3) is 5.85. The van der Waals surface area contributed by atoms with Crippen LogP contribution in [0.3, 0.4) is 0 Å². The minimum Gasteiger partial charge on any atom is -0.492 e. The average molecular weight is 369 g/mol. The summed E-state index contributed by atoms with van der Waals surface area (Å²) >= 11 is 0. The summed E-state index contributed by atoms with van der Waals surface area (Å²) in [6, 6.07) is 9.59. The van der Waals surface area contributed by atoms with Gasteiger partial charge in [-0.1, -0.05) is 32.4 Å². The van der Waals surface area contributed by atoms with E-state index in [1.807, 2.05) is 0 Å². The van der Waals surface area contributed by atoms with Crippen molar-refractivity contribution < 1.29 is 9.47 Å². The number of nitrogens with one attached hydrogen (secondary N) is 2. The molecular formula is C20H33ClN2O2. The maximum atomic E-state index is 5.88. The van der Waals surface area contributed by atoms with E-state index >= 15 is 0 Å². The van der Waals surface area contributed by atoms with E-state index in [1.54, 1.807) is 0 Å². The number of ether oxygens (including phenoxy) is 2. The van der Waals surface area contributed by atoms with Gasteiger partial charge in [0.25, 0.3) is 0 Å². The van der Waals surface area contributed by atoms with Crippen molar-refractivity contribution in [1.82, 2.24) is 10.6 Å². The zero-order valence-corrected chi connectivity index (χ0v) is 16.3. The molecule has 1 saturated heterocycles.